The lowest BCUT2D eigenvalue weighted by molar-refractivity contribution is -0.136. The third-order valence-electron chi connectivity index (χ3n) is 5.25. The number of rotatable bonds is 5. The fourth-order valence-electron chi connectivity index (χ4n) is 3.69. The number of hydrogen-bond donors (Lipinski definition) is 2. The Labute approximate surface area is 190 Å². The smallest absolute Gasteiger partial charge is 0.313 e. The van der Waals surface area contributed by atoms with Gasteiger partial charge in [0, 0.05) is 24.3 Å². The molecule has 1 aromatic carbocycles. The van der Waals surface area contributed by atoms with E-state index in [9.17, 15) is 18.0 Å². The minimum absolute atomic E-state index is 0.173. The first-order chi connectivity index (χ1) is 15.3. The van der Waals surface area contributed by atoms with Crippen LogP contribution in [0.15, 0.2) is 50.4 Å². The molecule has 0 saturated heterocycles. The van der Waals surface area contributed by atoms with Gasteiger partial charge in [-0.2, -0.15) is 0 Å². The quantitative estimate of drug-likeness (QED) is 0.553. The van der Waals surface area contributed by atoms with Gasteiger partial charge in [0.1, 0.15) is 15.7 Å². The molecule has 0 bridgehead atoms. The second-order valence-corrected chi connectivity index (χ2v) is 10.6. The van der Waals surface area contributed by atoms with Crippen LogP contribution in [-0.2, 0) is 32.6 Å². The molecule has 0 saturated carbocycles. The molecule has 0 fully saturated rings. The lowest BCUT2D eigenvalue weighted by Crippen LogP contribution is -2.36. The van der Waals surface area contributed by atoms with Crippen LogP contribution >= 0.6 is 11.3 Å². The topological polar surface area (TPSA) is 109 Å². The normalized spacial score (nSPS) is 13.5. The molecule has 2 amide bonds. The number of furan rings is 1. The summed E-state index contributed by atoms with van der Waals surface area (Å²) in [4.78, 5) is 24.6. The molecule has 0 radical (unpaired) electrons. The average molecular weight is 474 g/mol. The van der Waals surface area contributed by atoms with Crippen molar-refractivity contribution < 1.29 is 22.4 Å². The third-order valence-corrected chi connectivity index (χ3v) is 8.43. The molecule has 3 aromatic rings. The van der Waals surface area contributed by atoms with E-state index in [0.29, 0.717) is 30.1 Å². The Kier molecular flexibility index (Phi) is 6.07. The summed E-state index contributed by atoms with van der Waals surface area (Å²) in [6, 6.07) is 10.1. The van der Waals surface area contributed by atoms with E-state index in [0.717, 1.165) is 34.6 Å². The van der Waals surface area contributed by atoms with Gasteiger partial charge in [-0.1, -0.05) is 12.1 Å². The average Bonchev–Trinajstić information content (AvgIpc) is 3.41. The molecular formula is C22H23N3O5S2. The summed E-state index contributed by atoms with van der Waals surface area (Å²) in [5.74, 6) is -0.201. The maximum atomic E-state index is 13.1. The molecular weight excluding hydrogens is 450 g/mol. The molecule has 0 aliphatic carbocycles. The van der Waals surface area contributed by atoms with Crippen LogP contribution in [0.2, 0.25) is 0 Å². The fourth-order valence-corrected chi connectivity index (χ4v) is 6.33. The molecule has 2 aromatic heterocycles. The number of anilines is 2. The SMILES string of the molecule is Cc1cc(CNC(=O)C(=O)Nc2ccc3c(c2)N(S(=O)(=O)c2cccs2)CCC3)c(C)o1. The zero-order valence-corrected chi connectivity index (χ0v) is 19.3. The van der Waals surface area contributed by atoms with Gasteiger partial charge in [0.2, 0.25) is 0 Å². The summed E-state index contributed by atoms with van der Waals surface area (Å²) >= 11 is 1.16. The summed E-state index contributed by atoms with van der Waals surface area (Å²) in [5.41, 5.74) is 2.55. The Balaban J connectivity index is 1.49. The van der Waals surface area contributed by atoms with Crippen molar-refractivity contribution in [3.8, 4) is 0 Å². The van der Waals surface area contributed by atoms with Crippen LogP contribution in [0.4, 0.5) is 11.4 Å². The summed E-state index contributed by atoms with van der Waals surface area (Å²) in [7, 11) is -3.68. The van der Waals surface area contributed by atoms with Gasteiger partial charge in [0.05, 0.1) is 5.69 Å². The van der Waals surface area contributed by atoms with Gasteiger partial charge in [0.25, 0.3) is 10.0 Å². The van der Waals surface area contributed by atoms with Gasteiger partial charge in [-0.15, -0.1) is 11.3 Å². The number of sulfonamides is 1. The van der Waals surface area contributed by atoms with Gasteiger partial charge in [-0.25, -0.2) is 8.42 Å². The van der Waals surface area contributed by atoms with E-state index in [1.807, 2.05) is 6.92 Å². The second kappa shape index (κ2) is 8.79. The van der Waals surface area contributed by atoms with Crippen molar-refractivity contribution in [2.24, 2.45) is 0 Å². The van der Waals surface area contributed by atoms with Crippen LogP contribution in [-0.4, -0.2) is 26.8 Å². The Bertz CT molecular complexity index is 1260. The van der Waals surface area contributed by atoms with Crippen LogP contribution in [0.25, 0.3) is 0 Å². The monoisotopic (exact) mass is 473 g/mol. The van der Waals surface area contributed by atoms with Crippen LogP contribution in [0.5, 0.6) is 0 Å². The van der Waals surface area contributed by atoms with Crippen molar-refractivity contribution in [3.63, 3.8) is 0 Å². The first-order valence-corrected chi connectivity index (χ1v) is 12.4. The molecule has 10 heteroatoms. The molecule has 4 rings (SSSR count). The fraction of sp³-hybridized carbons (Fsp3) is 0.273. The van der Waals surface area contributed by atoms with Crippen LogP contribution in [0.3, 0.4) is 0 Å². The van der Waals surface area contributed by atoms with Gasteiger partial charge in [-0.3, -0.25) is 13.9 Å². The van der Waals surface area contributed by atoms with E-state index < -0.39 is 21.8 Å². The Morgan fingerprint density at radius 2 is 1.97 bits per heavy atom. The predicted octanol–water partition coefficient (Wildman–Crippen LogP) is 3.35. The number of amides is 2. The Hall–Kier alpha value is -3.11. The van der Waals surface area contributed by atoms with Crippen molar-refractivity contribution in [2.75, 3.05) is 16.2 Å². The number of thiophene rings is 1. The van der Waals surface area contributed by atoms with Crippen LogP contribution < -0.4 is 14.9 Å². The Morgan fingerprint density at radius 1 is 1.16 bits per heavy atom. The summed E-state index contributed by atoms with van der Waals surface area (Å²) < 4.78 is 33.2. The first kappa shape index (κ1) is 22.1. The molecule has 8 nitrogen and oxygen atoms in total. The van der Waals surface area contributed by atoms with E-state index >= 15 is 0 Å². The Morgan fingerprint density at radius 3 is 2.66 bits per heavy atom. The van der Waals surface area contributed by atoms with E-state index in [1.165, 1.54) is 4.31 Å². The first-order valence-electron chi connectivity index (χ1n) is 10.1. The van der Waals surface area contributed by atoms with Crippen molar-refractivity contribution in [1.82, 2.24) is 5.32 Å². The largest absolute Gasteiger partial charge is 0.466 e. The van der Waals surface area contributed by atoms with Crippen LogP contribution in [0.1, 0.15) is 29.1 Å². The van der Waals surface area contributed by atoms with Crippen molar-refractivity contribution >= 4 is 44.5 Å². The van der Waals surface area contributed by atoms with Gasteiger partial charge < -0.3 is 15.1 Å². The molecule has 3 heterocycles. The zero-order valence-electron chi connectivity index (χ0n) is 17.7. The summed E-state index contributed by atoms with van der Waals surface area (Å²) in [5, 5.41) is 6.85. The predicted molar refractivity (Wildman–Crippen MR) is 122 cm³/mol. The minimum Gasteiger partial charge on any atom is -0.466 e. The molecule has 1 aliphatic rings. The van der Waals surface area contributed by atoms with Gasteiger partial charge >= 0.3 is 11.8 Å². The lowest BCUT2D eigenvalue weighted by atomic mass is 10.0. The molecule has 0 atom stereocenters. The summed E-state index contributed by atoms with van der Waals surface area (Å²) in [6.45, 7) is 4.13. The number of fused-ring (bicyclic) bond motifs is 1. The highest BCUT2D eigenvalue weighted by Crippen LogP contribution is 2.35. The van der Waals surface area contributed by atoms with Crippen LogP contribution in [0, 0.1) is 13.8 Å². The molecule has 0 unspecified atom stereocenters. The minimum atomic E-state index is -3.68. The molecule has 32 heavy (non-hydrogen) atoms. The second-order valence-electron chi connectivity index (χ2n) is 7.53. The molecule has 0 spiro atoms. The van der Waals surface area contributed by atoms with E-state index in [4.69, 9.17) is 4.42 Å². The number of carbonyl (C=O) groups excluding carboxylic acids is 2. The number of aryl methyl sites for hydroxylation is 3. The number of hydrogen-bond acceptors (Lipinski definition) is 6. The number of nitrogens with one attached hydrogen (secondary N) is 2. The van der Waals surface area contributed by atoms with E-state index in [2.05, 4.69) is 10.6 Å². The van der Waals surface area contributed by atoms with Crippen molar-refractivity contribution in [2.45, 2.75) is 37.4 Å². The lowest BCUT2D eigenvalue weighted by Gasteiger charge is -2.30. The maximum absolute atomic E-state index is 13.1. The van der Waals surface area contributed by atoms with Crippen molar-refractivity contribution in [1.29, 1.82) is 0 Å². The van der Waals surface area contributed by atoms with E-state index in [1.54, 1.807) is 48.7 Å². The molecule has 2 N–H and O–H groups in total. The highest BCUT2D eigenvalue weighted by atomic mass is 32.2. The van der Waals surface area contributed by atoms with E-state index in [-0.39, 0.29) is 10.8 Å². The zero-order chi connectivity index (χ0) is 22.9. The highest BCUT2D eigenvalue weighted by molar-refractivity contribution is 7.94. The number of carbonyl (C=O) groups is 2. The molecule has 1 aliphatic heterocycles. The van der Waals surface area contributed by atoms with Gasteiger partial charge in [0.15, 0.2) is 0 Å². The highest BCUT2D eigenvalue weighted by Gasteiger charge is 2.30. The number of nitrogens with zero attached hydrogens (tertiary/aromatic N) is 1. The third kappa shape index (κ3) is 4.42. The van der Waals surface area contributed by atoms with Crippen molar-refractivity contribution in [3.05, 3.63) is 64.4 Å². The standard InChI is InChI=1S/C22H23N3O5S2/c1-14-11-17(15(2)30-14)13-23-21(26)22(27)24-18-8-7-16-5-3-9-25(19(16)12-18)32(28,29)20-6-4-10-31-20/h4,6-8,10-12H,3,5,9,13H2,1-2H3,(H,23,26)(H,24,27). The summed E-state index contributed by atoms with van der Waals surface area (Å²) in [6.07, 6.45) is 1.45. The molecule has 168 valence electrons. The van der Waals surface area contributed by atoms with Gasteiger partial charge in [-0.05, 0) is 61.9 Å². The number of benzene rings is 1. The maximum Gasteiger partial charge on any atom is 0.313 e.